The number of rotatable bonds is 5. The van der Waals surface area contributed by atoms with Gasteiger partial charge in [-0.2, -0.15) is 0 Å². The highest BCUT2D eigenvalue weighted by molar-refractivity contribution is 5.26. The van der Waals surface area contributed by atoms with Crippen LogP contribution in [0.1, 0.15) is 35.1 Å². The van der Waals surface area contributed by atoms with Gasteiger partial charge in [-0.25, -0.2) is 0 Å². The Morgan fingerprint density at radius 3 is 2.63 bits per heavy atom. The number of pyridine rings is 1. The van der Waals surface area contributed by atoms with Gasteiger partial charge >= 0.3 is 0 Å². The molecule has 3 nitrogen and oxygen atoms in total. The van der Waals surface area contributed by atoms with Crippen LogP contribution in [-0.4, -0.2) is 9.55 Å². The van der Waals surface area contributed by atoms with Gasteiger partial charge in [-0.1, -0.05) is 6.07 Å². The van der Waals surface area contributed by atoms with E-state index in [1.54, 1.807) is 0 Å². The molecular formula is C16H23N3. The molecule has 0 aliphatic carbocycles. The highest BCUT2D eigenvalue weighted by atomic mass is 15.0. The molecular weight excluding hydrogens is 234 g/mol. The lowest BCUT2D eigenvalue weighted by molar-refractivity contribution is 0.664. The van der Waals surface area contributed by atoms with E-state index in [-0.39, 0.29) is 0 Å². The number of aromatic nitrogens is 2. The lowest BCUT2D eigenvalue weighted by Gasteiger charge is -2.08. The molecule has 102 valence electrons. The summed E-state index contributed by atoms with van der Waals surface area (Å²) in [6.07, 6.45) is 1.85. The molecule has 0 radical (unpaired) electrons. The van der Waals surface area contributed by atoms with Crippen molar-refractivity contribution in [3.8, 4) is 0 Å². The quantitative estimate of drug-likeness (QED) is 0.892. The Kier molecular flexibility index (Phi) is 4.38. The maximum atomic E-state index is 4.40. The maximum Gasteiger partial charge on any atom is 0.0570 e. The standard InChI is InChI=1S/C16H23N3/c1-5-19-13(3)9-15(14(19)4)10-17-11-16-12(2)7-6-8-18-16/h6-9,17H,5,10-11H2,1-4H3. The van der Waals surface area contributed by atoms with Gasteiger partial charge in [0, 0.05) is 37.2 Å². The average Bonchev–Trinajstić information content (AvgIpc) is 2.66. The van der Waals surface area contributed by atoms with Gasteiger partial charge in [0.25, 0.3) is 0 Å². The number of nitrogens with zero attached hydrogens (tertiary/aromatic N) is 2. The van der Waals surface area contributed by atoms with Gasteiger partial charge in [-0.15, -0.1) is 0 Å². The van der Waals surface area contributed by atoms with Crippen LogP contribution in [0.15, 0.2) is 24.4 Å². The summed E-state index contributed by atoms with van der Waals surface area (Å²) in [5, 5.41) is 3.49. The van der Waals surface area contributed by atoms with Crippen molar-refractivity contribution < 1.29 is 0 Å². The zero-order chi connectivity index (χ0) is 13.8. The molecule has 19 heavy (non-hydrogen) atoms. The summed E-state index contributed by atoms with van der Waals surface area (Å²) in [4.78, 5) is 4.40. The summed E-state index contributed by atoms with van der Waals surface area (Å²) < 4.78 is 2.35. The lowest BCUT2D eigenvalue weighted by atomic mass is 10.2. The fourth-order valence-corrected chi connectivity index (χ4v) is 2.56. The Labute approximate surface area is 115 Å². The first-order valence-corrected chi connectivity index (χ1v) is 6.90. The fourth-order valence-electron chi connectivity index (χ4n) is 2.56. The first-order chi connectivity index (χ1) is 9.13. The summed E-state index contributed by atoms with van der Waals surface area (Å²) in [6.45, 7) is 11.4. The number of hydrogen-bond acceptors (Lipinski definition) is 2. The van der Waals surface area contributed by atoms with Crippen LogP contribution in [0.5, 0.6) is 0 Å². The largest absolute Gasteiger partial charge is 0.349 e. The van der Waals surface area contributed by atoms with Crippen LogP contribution < -0.4 is 5.32 Å². The molecule has 0 aliphatic rings. The number of nitrogens with one attached hydrogen (secondary N) is 1. The molecule has 0 saturated carbocycles. The third-order valence-corrected chi connectivity index (χ3v) is 3.72. The van der Waals surface area contributed by atoms with E-state index in [0.29, 0.717) is 0 Å². The monoisotopic (exact) mass is 257 g/mol. The molecule has 2 rings (SSSR count). The number of aryl methyl sites for hydroxylation is 2. The predicted octanol–water partition coefficient (Wildman–Crippen LogP) is 3.12. The Morgan fingerprint density at radius 1 is 1.21 bits per heavy atom. The molecule has 0 bridgehead atoms. The first-order valence-electron chi connectivity index (χ1n) is 6.90. The third-order valence-electron chi connectivity index (χ3n) is 3.72. The summed E-state index contributed by atoms with van der Waals surface area (Å²) in [6, 6.07) is 6.36. The minimum atomic E-state index is 0.822. The van der Waals surface area contributed by atoms with Crippen LogP contribution in [0.3, 0.4) is 0 Å². The Morgan fingerprint density at radius 2 is 2.00 bits per heavy atom. The average molecular weight is 257 g/mol. The van der Waals surface area contributed by atoms with Gasteiger partial charge in [0.05, 0.1) is 5.69 Å². The van der Waals surface area contributed by atoms with Crippen LogP contribution >= 0.6 is 0 Å². The zero-order valence-corrected chi connectivity index (χ0v) is 12.3. The van der Waals surface area contributed by atoms with Gasteiger partial charge in [0.1, 0.15) is 0 Å². The van der Waals surface area contributed by atoms with Gasteiger partial charge in [-0.05, 0) is 51.0 Å². The topological polar surface area (TPSA) is 29.9 Å². The van der Waals surface area contributed by atoms with Gasteiger partial charge in [0.15, 0.2) is 0 Å². The smallest absolute Gasteiger partial charge is 0.0570 e. The van der Waals surface area contributed by atoms with Gasteiger partial charge in [-0.3, -0.25) is 4.98 Å². The maximum absolute atomic E-state index is 4.40. The van der Waals surface area contributed by atoms with E-state index in [2.05, 4.69) is 54.7 Å². The minimum absolute atomic E-state index is 0.822. The van der Waals surface area contributed by atoms with Crippen LogP contribution in [-0.2, 0) is 19.6 Å². The van der Waals surface area contributed by atoms with E-state index < -0.39 is 0 Å². The molecule has 2 aromatic rings. The van der Waals surface area contributed by atoms with Crippen molar-refractivity contribution in [2.75, 3.05) is 0 Å². The van der Waals surface area contributed by atoms with Crippen LogP contribution in [0.2, 0.25) is 0 Å². The van der Waals surface area contributed by atoms with E-state index in [1.807, 2.05) is 12.3 Å². The molecule has 0 amide bonds. The van der Waals surface area contributed by atoms with Crippen LogP contribution in [0.25, 0.3) is 0 Å². The summed E-state index contributed by atoms with van der Waals surface area (Å²) in [7, 11) is 0. The SMILES string of the molecule is CCn1c(C)cc(CNCc2ncccc2C)c1C. The van der Waals surface area contributed by atoms with Crippen molar-refractivity contribution in [1.29, 1.82) is 0 Å². The molecule has 0 saturated heterocycles. The molecule has 3 heteroatoms. The second kappa shape index (κ2) is 6.02. The van der Waals surface area contributed by atoms with Crippen LogP contribution in [0.4, 0.5) is 0 Å². The highest BCUT2D eigenvalue weighted by Gasteiger charge is 2.07. The molecule has 1 N–H and O–H groups in total. The van der Waals surface area contributed by atoms with E-state index in [0.717, 1.165) is 25.3 Å². The molecule has 0 fully saturated rings. The molecule has 2 heterocycles. The van der Waals surface area contributed by atoms with Crippen molar-refractivity contribution >= 4 is 0 Å². The van der Waals surface area contributed by atoms with Gasteiger partial charge in [0.2, 0.25) is 0 Å². The second-order valence-corrected chi connectivity index (χ2v) is 5.01. The molecule has 0 aromatic carbocycles. The molecule has 2 aromatic heterocycles. The van der Waals surface area contributed by atoms with E-state index in [9.17, 15) is 0 Å². The summed E-state index contributed by atoms with van der Waals surface area (Å²) >= 11 is 0. The lowest BCUT2D eigenvalue weighted by Crippen LogP contribution is -2.15. The van der Waals surface area contributed by atoms with Crippen molar-refractivity contribution in [3.05, 3.63) is 52.6 Å². The number of hydrogen-bond donors (Lipinski definition) is 1. The van der Waals surface area contributed by atoms with Crippen molar-refractivity contribution in [2.45, 2.75) is 47.3 Å². The highest BCUT2D eigenvalue weighted by Crippen LogP contribution is 2.14. The summed E-state index contributed by atoms with van der Waals surface area (Å²) in [5.41, 5.74) is 6.46. The van der Waals surface area contributed by atoms with Crippen molar-refractivity contribution in [2.24, 2.45) is 0 Å². The predicted molar refractivity (Wildman–Crippen MR) is 79.1 cm³/mol. The fraction of sp³-hybridized carbons (Fsp3) is 0.438. The van der Waals surface area contributed by atoms with E-state index in [1.165, 1.54) is 22.5 Å². The summed E-state index contributed by atoms with van der Waals surface area (Å²) in [5.74, 6) is 0. The van der Waals surface area contributed by atoms with E-state index in [4.69, 9.17) is 0 Å². The van der Waals surface area contributed by atoms with Crippen molar-refractivity contribution in [3.63, 3.8) is 0 Å². The molecule has 0 atom stereocenters. The normalized spacial score (nSPS) is 10.9. The minimum Gasteiger partial charge on any atom is -0.349 e. The van der Waals surface area contributed by atoms with Crippen LogP contribution in [0, 0.1) is 20.8 Å². The second-order valence-electron chi connectivity index (χ2n) is 5.01. The van der Waals surface area contributed by atoms with Crippen molar-refractivity contribution in [1.82, 2.24) is 14.9 Å². The Hall–Kier alpha value is -1.61. The third kappa shape index (κ3) is 3.04. The first kappa shape index (κ1) is 13.8. The van der Waals surface area contributed by atoms with E-state index >= 15 is 0 Å². The molecule has 0 aliphatic heterocycles. The zero-order valence-electron chi connectivity index (χ0n) is 12.3. The molecule has 0 spiro atoms. The Balaban J connectivity index is 1.98. The Bertz CT molecular complexity index is 555. The molecule has 0 unspecified atom stereocenters. The van der Waals surface area contributed by atoms with Gasteiger partial charge < -0.3 is 9.88 Å².